The van der Waals surface area contributed by atoms with Gasteiger partial charge in [-0.1, -0.05) is 0 Å². The Morgan fingerprint density at radius 3 is 2.52 bits per heavy atom. The Hall–Kier alpha value is -2.12. The molecule has 0 saturated carbocycles. The van der Waals surface area contributed by atoms with Crippen LogP contribution in [0.2, 0.25) is 5.32 Å². The summed E-state index contributed by atoms with van der Waals surface area (Å²) in [6.45, 7) is 5.16. The van der Waals surface area contributed by atoms with Crippen molar-refractivity contribution in [2.45, 2.75) is 43.1 Å². The molecule has 0 spiro atoms. The summed E-state index contributed by atoms with van der Waals surface area (Å²) in [5.41, 5.74) is -0.0203. The van der Waals surface area contributed by atoms with E-state index in [1.54, 1.807) is 39.0 Å². The molecule has 0 aliphatic heterocycles. The summed E-state index contributed by atoms with van der Waals surface area (Å²) in [7, 11) is 1.24. The van der Waals surface area contributed by atoms with E-state index < -0.39 is 28.6 Å². The number of hydrogen-bond donors (Lipinski definition) is 1. The number of methoxy groups -OCH3 is 1. The zero-order chi connectivity index (χ0) is 19.0. The van der Waals surface area contributed by atoms with E-state index in [2.05, 4.69) is 5.32 Å². The van der Waals surface area contributed by atoms with Crippen molar-refractivity contribution in [3.63, 3.8) is 0 Å². The van der Waals surface area contributed by atoms with Crippen LogP contribution < -0.4 is 5.32 Å². The maximum atomic E-state index is 11.8. The van der Waals surface area contributed by atoms with Crippen LogP contribution in [-0.4, -0.2) is 50.7 Å². The number of carbonyl (C=O) groups excluding carboxylic acids is 2. The van der Waals surface area contributed by atoms with E-state index >= 15 is 0 Å². The van der Waals surface area contributed by atoms with Gasteiger partial charge < -0.3 is 0 Å². The fourth-order valence-corrected chi connectivity index (χ4v) is 4.03. The molecular formula is C16H22N2O6Se. The van der Waals surface area contributed by atoms with Gasteiger partial charge in [0.2, 0.25) is 0 Å². The van der Waals surface area contributed by atoms with E-state index in [0.29, 0.717) is 16.2 Å². The Morgan fingerprint density at radius 2 is 1.96 bits per heavy atom. The Balaban J connectivity index is 2.67. The van der Waals surface area contributed by atoms with Crippen LogP contribution in [0.25, 0.3) is 0 Å². The van der Waals surface area contributed by atoms with Crippen LogP contribution in [-0.2, 0) is 19.6 Å². The van der Waals surface area contributed by atoms with Crippen molar-refractivity contribution in [1.29, 1.82) is 0 Å². The van der Waals surface area contributed by atoms with Crippen molar-refractivity contribution in [2.24, 2.45) is 0 Å². The molecule has 8 nitrogen and oxygen atoms in total. The predicted molar refractivity (Wildman–Crippen MR) is 92.5 cm³/mol. The van der Waals surface area contributed by atoms with Crippen LogP contribution in [0.4, 0.5) is 10.5 Å². The van der Waals surface area contributed by atoms with E-state index in [4.69, 9.17) is 9.47 Å². The molecule has 0 unspecified atom stereocenters. The third kappa shape index (κ3) is 7.53. The topological polar surface area (TPSA) is 108 Å². The second kappa shape index (κ2) is 9.39. The standard InChI is InChI=1S/C16H22N2O6Se/c1-16(2,3)24-15(20)17-12(14(19)23-4)10-25-9-11-7-5-6-8-13(11)18(21)22/h5-8,12H,9-10H2,1-4H3,(H,17,20)/t12-/m0/s1. The molecule has 0 aromatic heterocycles. The number of ether oxygens (including phenoxy) is 2. The minimum atomic E-state index is -0.845. The molecule has 0 heterocycles. The number of hydrogen-bond acceptors (Lipinski definition) is 6. The quantitative estimate of drug-likeness (QED) is 0.316. The molecule has 9 heteroatoms. The third-order valence-electron chi connectivity index (χ3n) is 2.91. The number of nitrogens with zero attached hydrogens (tertiary/aromatic N) is 1. The number of nitrogens with one attached hydrogen (secondary N) is 1. The van der Waals surface area contributed by atoms with Gasteiger partial charge in [-0.2, -0.15) is 0 Å². The average molecular weight is 417 g/mol. The molecule has 1 aromatic rings. The Morgan fingerprint density at radius 1 is 1.32 bits per heavy atom. The molecule has 0 bridgehead atoms. The maximum absolute atomic E-state index is 11.8. The molecule has 25 heavy (non-hydrogen) atoms. The number of nitro groups is 1. The number of alkyl carbamates (subject to hydrolysis) is 1. The van der Waals surface area contributed by atoms with E-state index in [9.17, 15) is 19.7 Å². The zero-order valence-electron chi connectivity index (χ0n) is 14.6. The van der Waals surface area contributed by atoms with Crippen LogP contribution in [0.15, 0.2) is 24.3 Å². The molecule has 0 fully saturated rings. The minimum absolute atomic E-state index is 0.0547. The van der Waals surface area contributed by atoms with Crippen molar-refractivity contribution < 1.29 is 24.0 Å². The molecule has 1 rings (SSSR count). The van der Waals surface area contributed by atoms with Gasteiger partial charge in [-0.15, -0.1) is 0 Å². The van der Waals surface area contributed by atoms with Gasteiger partial charge in [0.15, 0.2) is 0 Å². The molecule has 0 saturated heterocycles. The molecule has 0 radical (unpaired) electrons. The first-order valence-corrected chi connectivity index (χ1v) is 9.93. The summed E-state index contributed by atoms with van der Waals surface area (Å²) < 4.78 is 9.84. The fourth-order valence-electron chi connectivity index (χ4n) is 1.86. The molecular weight excluding hydrogens is 395 g/mol. The first-order chi connectivity index (χ1) is 11.6. The van der Waals surface area contributed by atoms with Gasteiger partial charge in [0.05, 0.1) is 0 Å². The summed E-state index contributed by atoms with van der Waals surface area (Å²) in [5.74, 6) is -0.574. The van der Waals surface area contributed by atoms with Crippen LogP contribution >= 0.6 is 0 Å². The summed E-state index contributed by atoms with van der Waals surface area (Å²) in [6, 6.07) is 5.63. The number of benzene rings is 1. The summed E-state index contributed by atoms with van der Waals surface area (Å²) in [6.07, 6.45) is -0.704. The molecule has 0 aliphatic rings. The van der Waals surface area contributed by atoms with Crippen molar-refractivity contribution in [1.82, 2.24) is 5.32 Å². The van der Waals surface area contributed by atoms with E-state index in [1.807, 2.05) is 0 Å². The Labute approximate surface area is 152 Å². The van der Waals surface area contributed by atoms with Gasteiger partial charge in [-0.25, -0.2) is 0 Å². The fraction of sp³-hybridized carbons (Fsp3) is 0.500. The molecule has 1 atom stereocenters. The van der Waals surface area contributed by atoms with Gasteiger partial charge in [0.25, 0.3) is 0 Å². The van der Waals surface area contributed by atoms with Gasteiger partial charge >= 0.3 is 152 Å². The Bertz CT molecular complexity index is 629. The predicted octanol–water partition coefficient (Wildman–Crippen LogP) is 2.28. The van der Waals surface area contributed by atoms with Gasteiger partial charge in [-0.3, -0.25) is 0 Å². The van der Waals surface area contributed by atoms with E-state index in [0.717, 1.165) is 0 Å². The van der Waals surface area contributed by atoms with Gasteiger partial charge in [-0.05, 0) is 0 Å². The molecule has 138 valence electrons. The summed E-state index contributed by atoms with van der Waals surface area (Å²) in [4.78, 5) is 34.3. The number of rotatable bonds is 7. The number of para-hydroxylation sites is 1. The van der Waals surface area contributed by atoms with Crippen molar-refractivity contribution in [2.75, 3.05) is 7.11 Å². The van der Waals surface area contributed by atoms with Gasteiger partial charge in [0.1, 0.15) is 0 Å². The van der Waals surface area contributed by atoms with Crippen LogP contribution in [0.5, 0.6) is 0 Å². The monoisotopic (exact) mass is 418 g/mol. The normalized spacial score (nSPS) is 12.2. The second-order valence-corrected chi connectivity index (χ2v) is 8.28. The van der Waals surface area contributed by atoms with Crippen molar-refractivity contribution in [3.8, 4) is 0 Å². The number of amides is 1. The number of nitro benzene ring substituents is 1. The Kier molecular flexibility index (Phi) is 7.85. The van der Waals surface area contributed by atoms with E-state index in [1.165, 1.54) is 13.2 Å². The van der Waals surface area contributed by atoms with Crippen molar-refractivity contribution >= 4 is 32.7 Å². The van der Waals surface area contributed by atoms with Crippen LogP contribution in [0.3, 0.4) is 0 Å². The first-order valence-electron chi connectivity index (χ1n) is 7.51. The van der Waals surface area contributed by atoms with E-state index in [-0.39, 0.29) is 20.6 Å². The second-order valence-electron chi connectivity index (χ2n) is 6.12. The van der Waals surface area contributed by atoms with Crippen LogP contribution in [0.1, 0.15) is 26.3 Å². The zero-order valence-corrected chi connectivity index (χ0v) is 16.3. The molecule has 1 amide bonds. The summed E-state index contributed by atoms with van der Waals surface area (Å²) >= 11 is -0.153. The van der Waals surface area contributed by atoms with Crippen LogP contribution in [0, 0.1) is 10.1 Å². The van der Waals surface area contributed by atoms with Gasteiger partial charge in [0, 0.05) is 0 Å². The SMILES string of the molecule is COC(=O)[C@H](C[Se]Cc1ccccc1[N+](=O)[O-])NC(=O)OC(C)(C)C. The molecule has 1 N–H and O–H groups in total. The third-order valence-corrected chi connectivity index (χ3v) is 5.18. The number of carbonyl (C=O) groups is 2. The molecule has 0 aliphatic carbocycles. The number of esters is 1. The average Bonchev–Trinajstić information content (AvgIpc) is 2.51. The first kappa shape index (κ1) is 20.9. The molecule has 1 aromatic carbocycles. The summed E-state index contributed by atoms with van der Waals surface area (Å²) in [5, 5.41) is 14.3. The van der Waals surface area contributed by atoms with Crippen molar-refractivity contribution in [3.05, 3.63) is 39.9 Å².